The van der Waals surface area contributed by atoms with E-state index in [1.54, 1.807) is 36.4 Å². The summed E-state index contributed by atoms with van der Waals surface area (Å²) in [6.07, 6.45) is 1.09. The van der Waals surface area contributed by atoms with Gasteiger partial charge >= 0.3 is 13.1 Å². The van der Waals surface area contributed by atoms with Crippen LogP contribution in [0.2, 0.25) is 0 Å². The van der Waals surface area contributed by atoms with Crippen LogP contribution in [-0.2, 0) is 4.79 Å². The first-order valence-electron chi connectivity index (χ1n) is 5.34. The fourth-order valence-corrected chi connectivity index (χ4v) is 1.62. The SMILES string of the molecule is C=CC(=O)Oc1ccc2cc(B(O)O)ccc2c1. The third-order valence-corrected chi connectivity index (χ3v) is 2.52. The molecule has 18 heavy (non-hydrogen) atoms. The summed E-state index contributed by atoms with van der Waals surface area (Å²) in [5.41, 5.74) is 0.415. The molecule has 0 radical (unpaired) electrons. The molecular weight excluding hydrogens is 231 g/mol. The van der Waals surface area contributed by atoms with Crippen LogP contribution < -0.4 is 10.2 Å². The summed E-state index contributed by atoms with van der Waals surface area (Å²) in [6.45, 7) is 3.32. The number of fused-ring (bicyclic) bond motifs is 1. The van der Waals surface area contributed by atoms with Gasteiger partial charge in [-0.2, -0.15) is 0 Å². The smallest absolute Gasteiger partial charge is 0.423 e. The molecule has 2 rings (SSSR count). The molecule has 0 unspecified atom stereocenters. The third kappa shape index (κ3) is 2.59. The molecule has 0 spiro atoms. The predicted octanol–water partition coefficient (Wildman–Crippen LogP) is 0.611. The Morgan fingerprint density at radius 2 is 1.83 bits per heavy atom. The van der Waals surface area contributed by atoms with Gasteiger partial charge in [0.2, 0.25) is 0 Å². The third-order valence-electron chi connectivity index (χ3n) is 2.52. The minimum Gasteiger partial charge on any atom is -0.423 e. The first kappa shape index (κ1) is 12.4. The summed E-state index contributed by atoms with van der Waals surface area (Å²) >= 11 is 0. The molecule has 4 nitrogen and oxygen atoms in total. The summed E-state index contributed by atoms with van der Waals surface area (Å²) in [7, 11) is -1.49. The molecule has 90 valence electrons. The van der Waals surface area contributed by atoms with Crippen LogP contribution in [0, 0.1) is 0 Å². The lowest BCUT2D eigenvalue weighted by atomic mass is 9.79. The number of rotatable bonds is 3. The summed E-state index contributed by atoms with van der Waals surface area (Å²) in [5.74, 6) is -0.0959. The number of esters is 1. The van der Waals surface area contributed by atoms with Crippen molar-refractivity contribution < 1.29 is 19.6 Å². The van der Waals surface area contributed by atoms with Crippen LogP contribution in [0.5, 0.6) is 5.75 Å². The highest BCUT2D eigenvalue weighted by molar-refractivity contribution is 6.58. The second-order valence-electron chi connectivity index (χ2n) is 3.77. The number of hydrogen-bond donors (Lipinski definition) is 2. The Labute approximate surface area is 104 Å². The van der Waals surface area contributed by atoms with E-state index in [4.69, 9.17) is 14.8 Å². The molecule has 0 fully saturated rings. The van der Waals surface area contributed by atoms with Crippen molar-refractivity contribution in [1.82, 2.24) is 0 Å². The molecule has 0 aliphatic rings. The molecule has 0 saturated carbocycles. The Balaban J connectivity index is 2.38. The second-order valence-corrected chi connectivity index (χ2v) is 3.77. The fraction of sp³-hybridized carbons (Fsp3) is 0. The maximum Gasteiger partial charge on any atom is 0.488 e. The van der Waals surface area contributed by atoms with E-state index in [1.165, 1.54) is 0 Å². The van der Waals surface area contributed by atoms with Crippen molar-refractivity contribution in [3.63, 3.8) is 0 Å². The Morgan fingerprint density at radius 3 is 2.50 bits per heavy atom. The van der Waals surface area contributed by atoms with E-state index < -0.39 is 13.1 Å². The minimum absolute atomic E-state index is 0.415. The van der Waals surface area contributed by atoms with Crippen LogP contribution >= 0.6 is 0 Å². The zero-order chi connectivity index (χ0) is 13.1. The topological polar surface area (TPSA) is 66.8 Å². The average molecular weight is 242 g/mol. The molecule has 2 aromatic carbocycles. The van der Waals surface area contributed by atoms with Crippen LogP contribution in [0.15, 0.2) is 49.1 Å². The van der Waals surface area contributed by atoms with Crippen molar-refractivity contribution in [2.24, 2.45) is 0 Å². The summed E-state index contributed by atoms with van der Waals surface area (Å²) < 4.78 is 4.99. The molecule has 0 atom stereocenters. The number of benzene rings is 2. The molecule has 2 aromatic rings. The number of ether oxygens (including phenoxy) is 1. The minimum atomic E-state index is -1.49. The van der Waals surface area contributed by atoms with Gasteiger partial charge in [-0.15, -0.1) is 0 Å². The van der Waals surface area contributed by atoms with Crippen molar-refractivity contribution in [1.29, 1.82) is 0 Å². The highest BCUT2D eigenvalue weighted by atomic mass is 16.5. The van der Waals surface area contributed by atoms with Gasteiger partial charge in [-0.05, 0) is 28.4 Å². The first-order chi connectivity index (χ1) is 8.60. The first-order valence-corrected chi connectivity index (χ1v) is 5.34. The average Bonchev–Trinajstić information content (AvgIpc) is 2.37. The van der Waals surface area contributed by atoms with Gasteiger partial charge in [0.1, 0.15) is 5.75 Å². The standard InChI is InChI=1S/C13H11BO4/c1-2-13(15)18-12-6-4-9-7-11(14(16)17)5-3-10(9)8-12/h2-8,16-17H,1H2. The van der Waals surface area contributed by atoms with Crippen LogP contribution in [-0.4, -0.2) is 23.1 Å². The zero-order valence-electron chi connectivity index (χ0n) is 9.54. The van der Waals surface area contributed by atoms with Crippen LogP contribution in [0.25, 0.3) is 10.8 Å². The lowest BCUT2D eigenvalue weighted by molar-refractivity contribution is -0.128. The van der Waals surface area contributed by atoms with Gasteiger partial charge in [0.25, 0.3) is 0 Å². The molecule has 0 aliphatic heterocycles. The van der Waals surface area contributed by atoms with Crippen LogP contribution in [0.1, 0.15) is 0 Å². The van der Waals surface area contributed by atoms with Crippen LogP contribution in [0.4, 0.5) is 0 Å². The fourth-order valence-electron chi connectivity index (χ4n) is 1.62. The molecule has 0 bridgehead atoms. The van der Waals surface area contributed by atoms with Crippen molar-refractivity contribution in [2.75, 3.05) is 0 Å². The van der Waals surface area contributed by atoms with E-state index in [2.05, 4.69) is 6.58 Å². The van der Waals surface area contributed by atoms with Gasteiger partial charge < -0.3 is 14.8 Å². The van der Waals surface area contributed by atoms with Gasteiger partial charge in [0.05, 0.1) is 0 Å². The highest BCUT2D eigenvalue weighted by Gasteiger charge is 2.11. The molecule has 0 saturated heterocycles. The van der Waals surface area contributed by atoms with E-state index >= 15 is 0 Å². The summed E-state index contributed by atoms with van der Waals surface area (Å²) in [5, 5.41) is 19.8. The van der Waals surface area contributed by atoms with Gasteiger partial charge in [-0.3, -0.25) is 0 Å². The lowest BCUT2D eigenvalue weighted by Crippen LogP contribution is -2.29. The quantitative estimate of drug-likeness (QED) is 0.358. The number of hydrogen-bond acceptors (Lipinski definition) is 4. The van der Waals surface area contributed by atoms with Crippen molar-refractivity contribution >= 4 is 29.3 Å². The normalized spacial score (nSPS) is 10.1. The monoisotopic (exact) mass is 242 g/mol. The highest BCUT2D eigenvalue weighted by Crippen LogP contribution is 2.20. The van der Waals surface area contributed by atoms with E-state index in [1.807, 2.05) is 0 Å². The second kappa shape index (κ2) is 5.04. The largest absolute Gasteiger partial charge is 0.488 e. The van der Waals surface area contributed by atoms with Gasteiger partial charge in [-0.1, -0.05) is 30.8 Å². The Bertz CT molecular complexity index is 607. The maximum atomic E-state index is 11.1. The molecule has 5 heteroatoms. The van der Waals surface area contributed by atoms with E-state index in [0.29, 0.717) is 11.2 Å². The Hall–Kier alpha value is -2.11. The zero-order valence-corrected chi connectivity index (χ0v) is 9.54. The molecule has 0 aliphatic carbocycles. The van der Waals surface area contributed by atoms with Crippen molar-refractivity contribution in [3.05, 3.63) is 49.1 Å². The van der Waals surface area contributed by atoms with Gasteiger partial charge in [0.15, 0.2) is 0 Å². The van der Waals surface area contributed by atoms with Crippen molar-refractivity contribution in [2.45, 2.75) is 0 Å². The van der Waals surface area contributed by atoms with E-state index in [-0.39, 0.29) is 0 Å². The van der Waals surface area contributed by atoms with Gasteiger partial charge in [0, 0.05) is 6.08 Å². The number of carbonyl (C=O) groups excluding carboxylic acids is 1. The van der Waals surface area contributed by atoms with Gasteiger partial charge in [-0.25, -0.2) is 4.79 Å². The molecule has 0 aromatic heterocycles. The Kier molecular flexibility index (Phi) is 3.46. The maximum absolute atomic E-state index is 11.1. The molecule has 0 amide bonds. The Morgan fingerprint density at radius 1 is 1.17 bits per heavy atom. The summed E-state index contributed by atoms with van der Waals surface area (Å²) in [4.78, 5) is 11.1. The van der Waals surface area contributed by atoms with Crippen molar-refractivity contribution in [3.8, 4) is 5.75 Å². The molecular formula is C13H11BO4. The van der Waals surface area contributed by atoms with E-state index in [9.17, 15) is 4.79 Å². The van der Waals surface area contributed by atoms with E-state index in [0.717, 1.165) is 16.8 Å². The lowest BCUT2D eigenvalue weighted by Gasteiger charge is -2.05. The molecule has 0 heterocycles. The molecule has 2 N–H and O–H groups in total. The predicted molar refractivity (Wildman–Crippen MR) is 69.6 cm³/mol. The summed E-state index contributed by atoms with van der Waals surface area (Å²) in [6, 6.07) is 10.1. The van der Waals surface area contributed by atoms with Crippen LogP contribution in [0.3, 0.4) is 0 Å². The number of carbonyl (C=O) groups is 1.